The Balaban J connectivity index is 0.000000880. The van der Waals surface area contributed by atoms with Crippen LogP contribution in [0.3, 0.4) is 0 Å². The molecule has 0 atom stereocenters. The standard InChI is InChI=1S/C12H14F5N3O4S.C3H8NO5P.C2H7N/c1-11(2)4-7(19-24-11)25(21,22)5-6-8(12(15,16)17)18-20(3)9(6)23-10(13)14;5-3(6)1-4-2-10(7,8)9;1-3-2/h10H,4-5H2,1-3H3;4H,1-2H2,(H,5,6)(H2,7,8,9);3H,1-2H3. The largest absolute Gasteiger partial charge is 0.480 e. The first-order valence-electron chi connectivity index (χ1n) is 10.2. The molecule has 0 bridgehead atoms. The highest BCUT2D eigenvalue weighted by Crippen LogP contribution is 2.38. The van der Waals surface area contributed by atoms with Crippen molar-refractivity contribution < 1.29 is 64.2 Å². The predicted molar refractivity (Wildman–Crippen MR) is 122 cm³/mol. The van der Waals surface area contributed by atoms with Gasteiger partial charge in [-0.15, -0.1) is 0 Å². The molecular formula is C17H29F5N5O9PS. The number of nitrogens with one attached hydrogen (secondary N) is 2. The molecule has 0 amide bonds. The summed E-state index contributed by atoms with van der Waals surface area (Å²) in [6, 6.07) is 0. The minimum absolute atomic E-state index is 0.165. The van der Waals surface area contributed by atoms with Gasteiger partial charge in [-0.3, -0.25) is 14.7 Å². The first-order valence-corrected chi connectivity index (χ1v) is 13.6. The first kappa shape index (κ1) is 35.6. The summed E-state index contributed by atoms with van der Waals surface area (Å²) in [6.45, 7) is -0.819. The molecule has 0 radical (unpaired) electrons. The topological polar surface area (TPSA) is 202 Å². The van der Waals surface area contributed by atoms with E-state index >= 15 is 0 Å². The Morgan fingerprint density at radius 2 is 1.82 bits per heavy atom. The lowest BCUT2D eigenvalue weighted by molar-refractivity contribution is -0.142. The zero-order valence-electron chi connectivity index (χ0n) is 20.8. The van der Waals surface area contributed by atoms with E-state index in [0.29, 0.717) is 4.68 Å². The van der Waals surface area contributed by atoms with Crippen molar-refractivity contribution in [2.75, 3.05) is 26.9 Å². The Bertz CT molecular complexity index is 1120. The molecule has 0 saturated carbocycles. The van der Waals surface area contributed by atoms with E-state index in [0.717, 1.165) is 7.05 Å². The molecular weight excluding hydrogens is 576 g/mol. The average molecular weight is 605 g/mol. The molecule has 222 valence electrons. The van der Waals surface area contributed by atoms with Crippen LogP contribution in [-0.2, 0) is 43.0 Å². The van der Waals surface area contributed by atoms with Crippen molar-refractivity contribution in [1.82, 2.24) is 20.4 Å². The molecule has 1 aromatic heterocycles. The molecule has 0 aromatic carbocycles. The highest BCUT2D eigenvalue weighted by atomic mass is 32.2. The normalized spacial score (nSPS) is 15.0. The summed E-state index contributed by atoms with van der Waals surface area (Å²) in [7, 11) is -3.78. The summed E-state index contributed by atoms with van der Waals surface area (Å²) >= 11 is 0. The number of hydrogen-bond acceptors (Lipinski definition) is 10. The third kappa shape index (κ3) is 12.9. The maximum absolute atomic E-state index is 13.1. The SMILES string of the molecule is CNC.Cn1nc(C(F)(F)F)c(CS(=O)(=O)C2=NOC(C)(C)C2)c1OC(F)F.O=C(O)CNCP(=O)(O)O. The maximum Gasteiger partial charge on any atom is 0.435 e. The van der Waals surface area contributed by atoms with Crippen LogP contribution in [0.2, 0.25) is 0 Å². The Morgan fingerprint density at radius 3 is 2.18 bits per heavy atom. The molecule has 0 spiro atoms. The van der Waals surface area contributed by atoms with Gasteiger partial charge >= 0.3 is 26.4 Å². The first-order chi connectivity index (χ1) is 17.1. The number of aromatic nitrogens is 2. The number of nitrogens with zero attached hydrogens (tertiary/aromatic N) is 3. The second-order valence-corrected chi connectivity index (χ2v) is 11.7. The van der Waals surface area contributed by atoms with Gasteiger partial charge < -0.3 is 29.8 Å². The second kappa shape index (κ2) is 14.1. The molecule has 1 aliphatic heterocycles. The Kier molecular flexibility index (Phi) is 13.2. The van der Waals surface area contributed by atoms with Crippen molar-refractivity contribution in [3.05, 3.63) is 11.3 Å². The number of alkyl halides is 5. The van der Waals surface area contributed by atoms with E-state index in [1.807, 2.05) is 14.1 Å². The van der Waals surface area contributed by atoms with Gasteiger partial charge in [-0.05, 0) is 27.9 Å². The molecule has 0 aliphatic carbocycles. The number of aliphatic carboxylic acids is 1. The maximum atomic E-state index is 13.1. The van der Waals surface area contributed by atoms with Crippen LogP contribution in [0.5, 0.6) is 5.88 Å². The third-order valence-corrected chi connectivity index (χ3v) is 6.06. The monoisotopic (exact) mass is 605 g/mol. The highest BCUT2D eigenvalue weighted by Gasteiger charge is 2.43. The minimum Gasteiger partial charge on any atom is -0.480 e. The van der Waals surface area contributed by atoms with Crippen LogP contribution >= 0.6 is 7.60 Å². The van der Waals surface area contributed by atoms with Crippen LogP contribution in [0.25, 0.3) is 0 Å². The fourth-order valence-electron chi connectivity index (χ4n) is 2.49. The van der Waals surface area contributed by atoms with E-state index in [4.69, 9.17) is 19.7 Å². The van der Waals surface area contributed by atoms with Gasteiger partial charge in [0.05, 0.1) is 24.1 Å². The van der Waals surface area contributed by atoms with Gasteiger partial charge in [0.15, 0.2) is 20.6 Å². The van der Waals surface area contributed by atoms with Crippen molar-refractivity contribution in [3.63, 3.8) is 0 Å². The lowest BCUT2D eigenvalue weighted by Crippen LogP contribution is -2.24. The van der Waals surface area contributed by atoms with Crippen LogP contribution in [0.1, 0.15) is 31.5 Å². The van der Waals surface area contributed by atoms with Crippen molar-refractivity contribution >= 4 is 28.4 Å². The zero-order valence-corrected chi connectivity index (χ0v) is 22.5. The van der Waals surface area contributed by atoms with Crippen LogP contribution < -0.4 is 15.4 Å². The molecule has 1 aromatic rings. The van der Waals surface area contributed by atoms with Crippen LogP contribution in [0.15, 0.2) is 5.16 Å². The third-order valence-electron chi connectivity index (χ3n) is 3.82. The zero-order chi connectivity index (χ0) is 30.1. The van der Waals surface area contributed by atoms with Crippen molar-refractivity contribution in [2.45, 2.75) is 44.4 Å². The number of carboxylic acids is 1. The number of rotatable bonds is 8. The summed E-state index contributed by atoms with van der Waals surface area (Å²) in [5, 5.41) is 18.8. The number of ether oxygens (including phenoxy) is 1. The van der Waals surface area contributed by atoms with E-state index in [1.165, 1.54) is 13.8 Å². The van der Waals surface area contributed by atoms with Gasteiger partial charge in [0.2, 0.25) is 5.88 Å². The van der Waals surface area contributed by atoms with Crippen LogP contribution in [-0.4, -0.2) is 83.2 Å². The molecule has 0 unspecified atom stereocenters. The Labute approximate surface area is 214 Å². The molecule has 14 nitrogen and oxygen atoms in total. The van der Waals surface area contributed by atoms with E-state index in [9.17, 15) is 39.7 Å². The molecule has 1 aliphatic rings. The average Bonchev–Trinajstić information content (AvgIpc) is 3.21. The summed E-state index contributed by atoms with van der Waals surface area (Å²) in [5.74, 6) is -3.38. The van der Waals surface area contributed by atoms with E-state index in [1.54, 1.807) is 0 Å². The van der Waals surface area contributed by atoms with Crippen molar-refractivity contribution in [2.24, 2.45) is 12.2 Å². The molecule has 2 heterocycles. The van der Waals surface area contributed by atoms with E-state index < -0.39 is 82.6 Å². The number of sulfone groups is 1. The van der Waals surface area contributed by atoms with Crippen LogP contribution in [0.4, 0.5) is 22.0 Å². The number of oxime groups is 1. The van der Waals surface area contributed by atoms with Gasteiger partial charge in [0, 0.05) is 13.5 Å². The quantitative estimate of drug-likeness (QED) is 0.209. The minimum atomic E-state index is -5.06. The second-order valence-electron chi connectivity index (χ2n) is 8.05. The van der Waals surface area contributed by atoms with Gasteiger partial charge in [0.25, 0.3) is 0 Å². The molecule has 0 fully saturated rings. The van der Waals surface area contributed by atoms with E-state index in [2.05, 4.69) is 25.6 Å². The van der Waals surface area contributed by atoms with Gasteiger partial charge in [0.1, 0.15) is 5.60 Å². The summed E-state index contributed by atoms with van der Waals surface area (Å²) in [5.41, 5.74) is -3.57. The Hall–Kier alpha value is -2.38. The fourth-order valence-corrected chi connectivity index (χ4v) is 4.42. The Morgan fingerprint density at radius 1 is 1.29 bits per heavy atom. The van der Waals surface area contributed by atoms with Crippen molar-refractivity contribution in [1.29, 1.82) is 0 Å². The fraction of sp³-hybridized carbons (Fsp3) is 0.706. The van der Waals surface area contributed by atoms with E-state index in [-0.39, 0.29) is 6.42 Å². The van der Waals surface area contributed by atoms with Crippen molar-refractivity contribution in [3.8, 4) is 5.88 Å². The summed E-state index contributed by atoms with van der Waals surface area (Å²) < 4.78 is 103. The van der Waals surface area contributed by atoms with Gasteiger partial charge in [-0.25, -0.2) is 13.1 Å². The summed E-state index contributed by atoms with van der Waals surface area (Å²) in [6.07, 6.45) is -5.82. The lowest BCUT2D eigenvalue weighted by Gasteiger charge is -2.13. The summed E-state index contributed by atoms with van der Waals surface area (Å²) in [4.78, 5) is 31.0. The molecule has 2 rings (SSSR count). The highest BCUT2D eigenvalue weighted by molar-refractivity contribution is 8.05. The number of aryl methyl sites for hydroxylation is 1. The number of carbonyl (C=O) groups is 1. The number of halogens is 5. The molecule has 5 N–H and O–H groups in total. The lowest BCUT2D eigenvalue weighted by atomic mass is 10.1. The van der Waals surface area contributed by atoms with Gasteiger partial charge in [-0.1, -0.05) is 5.16 Å². The predicted octanol–water partition coefficient (Wildman–Crippen LogP) is 1.10. The molecule has 0 saturated heterocycles. The number of hydrogen-bond donors (Lipinski definition) is 5. The van der Waals surface area contributed by atoms with Gasteiger partial charge in [-0.2, -0.15) is 27.1 Å². The van der Waals surface area contributed by atoms with Crippen LogP contribution in [0, 0.1) is 0 Å². The molecule has 38 heavy (non-hydrogen) atoms. The number of carboxylic acid groups (broad SMARTS) is 1. The smallest absolute Gasteiger partial charge is 0.435 e. The molecule has 21 heteroatoms.